The summed E-state index contributed by atoms with van der Waals surface area (Å²) in [7, 11) is 0. The average molecular weight is 324 g/mol. The highest BCUT2D eigenvalue weighted by atomic mass is 19.4. The number of carboxylic acid groups (broad SMARTS) is 1. The highest BCUT2D eigenvalue weighted by Gasteiger charge is 2.41. The zero-order chi connectivity index (χ0) is 17.1. The van der Waals surface area contributed by atoms with Crippen LogP contribution in [0.2, 0.25) is 0 Å². The minimum absolute atomic E-state index is 0.0319. The molecule has 0 spiro atoms. The second-order valence-electron chi connectivity index (χ2n) is 5.56. The Morgan fingerprint density at radius 3 is 2.45 bits per heavy atom. The minimum atomic E-state index is -4.51. The molecule has 1 saturated heterocycles. The predicted octanol–water partition coefficient (Wildman–Crippen LogP) is 1.11. The molecule has 1 rings (SSSR count). The van der Waals surface area contributed by atoms with Crippen LogP contribution >= 0.6 is 0 Å². The number of rotatable bonds is 6. The Balaban J connectivity index is 2.71. The molecule has 6 nitrogen and oxygen atoms in total. The summed E-state index contributed by atoms with van der Waals surface area (Å²) in [4.78, 5) is 36.4. The Morgan fingerprint density at radius 2 is 2.00 bits per heavy atom. The third-order valence-corrected chi connectivity index (χ3v) is 3.41. The molecule has 9 heteroatoms. The molecule has 1 unspecified atom stereocenters. The lowest BCUT2D eigenvalue weighted by molar-refractivity contribution is -0.157. The first-order valence-corrected chi connectivity index (χ1v) is 6.88. The van der Waals surface area contributed by atoms with Crippen LogP contribution in [-0.2, 0) is 14.4 Å². The molecule has 0 aromatic heterocycles. The van der Waals surface area contributed by atoms with E-state index in [1.807, 2.05) is 0 Å². The summed E-state index contributed by atoms with van der Waals surface area (Å²) in [5.74, 6) is -3.11. The van der Waals surface area contributed by atoms with Gasteiger partial charge in [-0.25, -0.2) is 0 Å². The lowest BCUT2D eigenvalue weighted by Gasteiger charge is -2.28. The Hall–Kier alpha value is -1.80. The summed E-state index contributed by atoms with van der Waals surface area (Å²) < 4.78 is 37.1. The van der Waals surface area contributed by atoms with Gasteiger partial charge in [-0.15, -0.1) is 0 Å². The number of hydrogen-bond donors (Lipinski definition) is 1. The van der Waals surface area contributed by atoms with Gasteiger partial charge in [0.1, 0.15) is 6.54 Å². The van der Waals surface area contributed by atoms with Crippen LogP contribution in [0.1, 0.15) is 26.7 Å². The number of amides is 2. The summed E-state index contributed by atoms with van der Waals surface area (Å²) in [5, 5.41) is 8.68. The number of aliphatic carboxylic acids is 1. The highest BCUT2D eigenvalue weighted by molar-refractivity contribution is 5.89. The van der Waals surface area contributed by atoms with Crippen LogP contribution in [0.15, 0.2) is 0 Å². The van der Waals surface area contributed by atoms with Gasteiger partial charge in [0.25, 0.3) is 0 Å². The quantitative estimate of drug-likeness (QED) is 0.794. The van der Waals surface area contributed by atoms with Crippen LogP contribution in [0.25, 0.3) is 0 Å². The maximum Gasteiger partial charge on any atom is 0.406 e. The molecular formula is C13H19F3N2O4. The topological polar surface area (TPSA) is 77.9 Å². The molecule has 22 heavy (non-hydrogen) atoms. The van der Waals surface area contributed by atoms with Crippen molar-refractivity contribution in [1.82, 2.24) is 9.80 Å². The lowest BCUT2D eigenvalue weighted by Crippen LogP contribution is -2.43. The third kappa shape index (κ3) is 5.19. The largest absolute Gasteiger partial charge is 0.481 e. The molecule has 1 aliphatic heterocycles. The lowest BCUT2D eigenvalue weighted by atomic mass is 10.1. The van der Waals surface area contributed by atoms with Crippen molar-refractivity contribution >= 4 is 17.8 Å². The Bertz CT molecular complexity index is 451. The molecule has 0 aromatic carbocycles. The van der Waals surface area contributed by atoms with Gasteiger partial charge in [-0.05, 0) is 13.8 Å². The van der Waals surface area contributed by atoms with Crippen molar-refractivity contribution in [3.8, 4) is 0 Å². The summed E-state index contributed by atoms with van der Waals surface area (Å²) >= 11 is 0. The zero-order valence-electron chi connectivity index (χ0n) is 12.4. The molecule has 1 N–H and O–H groups in total. The molecule has 126 valence electrons. The summed E-state index contributed by atoms with van der Waals surface area (Å²) in [6.07, 6.45) is -5.03. The van der Waals surface area contributed by atoms with Crippen molar-refractivity contribution in [2.24, 2.45) is 5.92 Å². The van der Waals surface area contributed by atoms with E-state index in [2.05, 4.69) is 0 Å². The first-order valence-electron chi connectivity index (χ1n) is 6.88. The first-order chi connectivity index (χ1) is 10.0. The summed E-state index contributed by atoms with van der Waals surface area (Å²) in [6, 6.07) is -0.293. The van der Waals surface area contributed by atoms with Crippen LogP contribution in [0.5, 0.6) is 0 Å². The normalized spacial score (nSPS) is 18.9. The molecule has 1 fully saturated rings. The third-order valence-electron chi connectivity index (χ3n) is 3.41. The smallest absolute Gasteiger partial charge is 0.406 e. The predicted molar refractivity (Wildman–Crippen MR) is 69.8 cm³/mol. The van der Waals surface area contributed by atoms with Gasteiger partial charge in [0.05, 0.1) is 12.3 Å². The van der Waals surface area contributed by atoms with Gasteiger partial charge < -0.3 is 14.9 Å². The molecular weight excluding hydrogens is 305 g/mol. The molecule has 1 atom stereocenters. The van der Waals surface area contributed by atoms with E-state index in [1.165, 1.54) is 4.90 Å². The fourth-order valence-corrected chi connectivity index (χ4v) is 2.38. The van der Waals surface area contributed by atoms with E-state index in [0.717, 1.165) is 0 Å². The van der Waals surface area contributed by atoms with Gasteiger partial charge >= 0.3 is 12.1 Å². The van der Waals surface area contributed by atoms with E-state index in [4.69, 9.17) is 5.11 Å². The number of carboxylic acids is 1. The van der Waals surface area contributed by atoms with Crippen molar-refractivity contribution in [2.75, 3.05) is 19.6 Å². The molecule has 1 heterocycles. The van der Waals surface area contributed by atoms with Crippen LogP contribution in [0.4, 0.5) is 13.2 Å². The molecule has 2 amide bonds. The van der Waals surface area contributed by atoms with Gasteiger partial charge in [0.2, 0.25) is 11.8 Å². The van der Waals surface area contributed by atoms with Gasteiger partial charge in [0, 0.05) is 25.6 Å². The molecule has 0 aliphatic carbocycles. The SMILES string of the molecule is CC(C)N(CCC(=O)O)C(=O)C1CC(=O)N(CC(F)(F)F)C1. The number of nitrogens with zero attached hydrogens (tertiary/aromatic N) is 2. The van der Waals surface area contributed by atoms with E-state index in [9.17, 15) is 27.6 Å². The van der Waals surface area contributed by atoms with E-state index in [0.29, 0.717) is 4.90 Å². The van der Waals surface area contributed by atoms with Crippen LogP contribution < -0.4 is 0 Å². The fourth-order valence-electron chi connectivity index (χ4n) is 2.38. The van der Waals surface area contributed by atoms with Crippen molar-refractivity contribution < 1.29 is 32.7 Å². The highest BCUT2D eigenvalue weighted by Crippen LogP contribution is 2.25. The van der Waals surface area contributed by atoms with Crippen LogP contribution in [0, 0.1) is 5.92 Å². The molecule has 0 bridgehead atoms. The average Bonchev–Trinajstić information content (AvgIpc) is 2.67. The van der Waals surface area contributed by atoms with Crippen molar-refractivity contribution in [3.63, 3.8) is 0 Å². The maximum atomic E-state index is 12.4. The minimum Gasteiger partial charge on any atom is -0.481 e. The molecule has 0 saturated carbocycles. The van der Waals surface area contributed by atoms with Crippen molar-refractivity contribution in [3.05, 3.63) is 0 Å². The zero-order valence-corrected chi connectivity index (χ0v) is 12.4. The molecule has 1 aliphatic rings. The Kier molecular flexibility index (Phi) is 5.78. The van der Waals surface area contributed by atoms with Gasteiger partial charge in [-0.3, -0.25) is 14.4 Å². The van der Waals surface area contributed by atoms with E-state index >= 15 is 0 Å². The molecule has 0 aromatic rings. The fraction of sp³-hybridized carbons (Fsp3) is 0.769. The second kappa shape index (κ2) is 6.97. The van der Waals surface area contributed by atoms with E-state index in [1.54, 1.807) is 13.8 Å². The van der Waals surface area contributed by atoms with Gasteiger partial charge in [0.15, 0.2) is 0 Å². The summed E-state index contributed by atoms with van der Waals surface area (Å²) in [6.45, 7) is 1.68. The van der Waals surface area contributed by atoms with Gasteiger partial charge in [-0.2, -0.15) is 13.2 Å². The van der Waals surface area contributed by atoms with Gasteiger partial charge in [-0.1, -0.05) is 0 Å². The number of halogens is 3. The Morgan fingerprint density at radius 1 is 1.41 bits per heavy atom. The van der Waals surface area contributed by atoms with E-state index < -0.39 is 36.4 Å². The number of carbonyl (C=O) groups is 3. The van der Waals surface area contributed by atoms with Crippen LogP contribution in [0.3, 0.4) is 0 Å². The van der Waals surface area contributed by atoms with Crippen molar-refractivity contribution in [2.45, 2.75) is 38.9 Å². The molecule has 0 radical (unpaired) electrons. The van der Waals surface area contributed by atoms with E-state index in [-0.39, 0.29) is 32.0 Å². The number of likely N-dealkylation sites (tertiary alicyclic amines) is 1. The summed E-state index contributed by atoms with van der Waals surface area (Å²) in [5.41, 5.74) is 0. The standard InChI is InChI=1S/C13H19F3N2O4/c1-8(2)18(4-3-11(20)21)12(22)9-5-10(19)17(6-9)7-13(14,15)16/h8-9H,3-7H2,1-2H3,(H,20,21). The monoisotopic (exact) mass is 324 g/mol. The number of carbonyl (C=O) groups excluding carboxylic acids is 2. The van der Waals surface area contributed by atoms with Crippen LogP contribution in [-0.4, -0.2) is 64.5 Å². The number of alkyl halides is 3. The second-order valence-corrected chi connectivity index (χ2v) is 5.56. The maximum absolute atomic E-state index is 12.4. The first kappa shape index (κ1) is 18.2. The Labute approximate surface area is 125 Å². The number of hydrogen-bond acceptors (Lipinski definition) is 3. The van der Waals surface area contributed by atoms with Crippen molar-refractivity contribution in [1.29, 1.82) is 0 Å².